The molecule has 1 heterocycles. The zero-order valence-electron chi connectivity index (χ0n) is 17.0. The first-order chi connectivity index (χ1) is 14.7. The topological polar surface area (TPSA) is 116 Å². The van der Waals surface area contributed by atoms with Crippen molar-refractivity contribution in [2.45, 2.75) is 25.7 Å². The zero-order chi connectivity index (χ0) is 22.8. The number of sulfonamides is 1. The van der Waals surface area contributed by atoms with Gasteiger partial charge in [-0.05, 0) is 43.5 Å². The number of benzene rings is 2. The molecule has 0 atom stereocenters. The van der Waals surface area contributed by atoms with Gasteiger partial charge < -0.3 is 4.74 Å². The molecule has 0 saturated carbocycles. The van der Waals surface area contributed by atoms with Gasteiger partial charge in [-0.2, -0.15) is 0 Å². The van der Waals surface area contributed by atoms with Gasteiger partial charge in [0.15, 0.2) is 4.90 Å². The van der Waals surface area contributed by atoms with Crippen molar-refractivity contribution >= 4 is 38.0 Å². The lowest BCUT2D eigenvalue weighted by molar-refractivity contribution is -0.387. The number of thiophene rings is 1. The average Bonchev–Trinajstić information content (AvgIpc) is 3.13. The molecular formula is C21H20N2O6S2. The van der Waals surface area contributed by atoms with E-state index in [2.05, 4.69) is 4.72 Å². The molecule has 162 valence electrons. The van der Waals surface area contributed by atoms with Crippen LogP contribution in [0.2, 0.25) is 0 Å². The molecule has 1 N–H and O–H groups in total. The summed E-state index contributed by atoms with van der Waals surface area (Å²) >= 11 is 1.01. The van der Waals surface area contributed by atoms with Crippen LogP contribution in [-0.2, 0) is 14.8 Å². The van der Waals surface area contributed by atoms with Crippen molar-refractivity contribution in [2.75, 3.05) is 11.3 Å². The summed E-state index contributed by atoms with van der Waals surface area (Å²) in [7, 11) is -4.33. The highest BCUT2D eigenvalue weighted by atomic mass is 32.2. The predicted octanol–water partition coefficient (Wildman–Crippen LogP) is 4.92. The molecule has 0 fully saturated rings. The van der Waals surface area contributed by atoms with Gasteiger partial charge in [-0.3, -0.25) is 14.8 Å². The van der Waals surface area contributed by atoms with Crippen LogP contribution in [-0.4, -0.2) is 25.9 Å². The van der Waals surface area contributed by atoms with Crippen LogP contribution in [0.25, 0.3) is 11.1 Å². The molecule has 2 aromatic carbocycles. The minimum absolute atomic E-state index is 0.0322. The van der Waals surface area contributed by atoms with E-state index in [4.69, 9.17) is 4.74 Å². The molecule has 0 radical (unpaired) electrons. The standard InChI is InChI=1S/C21H20N2O6S2/c1-4-29-21(24)19-16(15-10-9-13(2)14(3)11-15)12-30-20(19)22-31(27,28)18-8-6-5-7-17(18)23(25)26/h5-12,22H,4H2,1-3H3. The molecule has 8 nitrogen and oxygen atoms in total. The first-order valence-electron chi connectivity index (χ1n) is 9.28. The third-order valence-corrected chi connectivity index (χ3v) is 7.09. The van der Waals surface area contributed by atoms with Crippen LogP contribution in [0.1, 0.15) is 28.4 Å². The quantitative estimate of drug-likeness (QED) is 0.304. The molecule has 10 heteroatoms. The molecule has 0 aliphatic carbocycles. The summed E-state index contributed by atoms with van der Waals surface area (Å²) < 4.78 is 33.4. The van der Waals surface area contributed by atoms with Crippen LogP contribution < -0.4 is 4.72 Å². The number of nitrogens with one attached hydrogen (secondary N) is 1. The number of hydrogen-bond donors (Lipinski definition) is 1. The van der Waals surface area contributed by atoms with Gasteiger partial charge >= 0.3 is 5.97 Å². The molecule has 3 aromatic rings. The van der Waals surface area contributed by atoms with Crippen molar-refractivity contribution in [1.82, 2.24) is 0 Å². The van der Waals surface area contributed by atoms with Crippen LogP contribution >= 0.6 is 11.3 Å². The van der Waals surface area contributed by atoms with Gasteiger partial charge in [0.05, 0.1) is 11.5 Å². The fraction of sp³-hybridized carbons (Fsp3) is 0.190. The fourth-order valence-electron chi connectivity index (χ4n) is 2.97. The number of nitrogens with zero attached hydrogens (tertiary/aromatic N) is 1. The highest BCUT2D eigenvalue weighted by molar-refractivity contribution is 7.93. The fourth-order valence-corrected chi connectivity index (χ4v) is 5.43. The molecule has 0 bridgehead atoms. The number of hydrogen-bond acceptors (Lipinski definition) is 7. The van der Waals surface area contributed by atoms with Crippen molar-refractivity contribution < 1.29 is 22.9 Å². The molecule has 0 aliphatic rings. The maximum atomic E-state index is 12.9. The Kier molecular flexibility index (Phi) is 6.42. The first kappa shape index (κ1) is 22.4. The Balaban J connectivity index is 2.12. The first-order valence-corrected chi connectivity index (χ1v) is 11.6. The van der Waals surface area contributed by atoms with E-state index in [-0.39, 0.29) is 17.2 Å². The molecule has 3 rings (SSSR count). The van der Waals surface area contributed by atoms with Gasteiger partial charge in [0.2, 0.25) is 0 Å². The average molecular weight is 461 g/mol. The maximum absolute atomic E-state index is 12.9. The van der Waals surface area contributed by atoms with Gasteiger partial charge in [-0.25, -0.2) is 13.2 Å². The number of nitro groups is 1. The summed E-state index contributed by atoms with van der Waals surface area (Å²) in [5.41, 5.74) is 2.86. The predicted molar refractivity (Wildman–Crippen MR) is 119 cm³/mol. The number of carbonyl (C=O) groups excluding carboxylic acids is 1. The Morgan fingerprint density at radius 2 is 1.87 bits per heavy atom. The third-order valence-electron chi connectivity index (χ3n) is 4.67. The van der Waals surface area contributed by atoms with E-state index in [1.54, 1.807) is 12.3 Å². The highest BCUT2D eigenvalue weighted by Gasteiger charge is 2.29. The van der Waals surface area contributed by atoms with E-state index >= 15 is 0 Å². The molecule has 0 unspecified atom stereocenters. The van der Waals surface area contributed by atoms with Crippen molar-refractivity contribution in [2.24, 2.45) is 0 Å². The number of rotatable bonds is 7. The van der Waals surface area contributed by atoms with E-state index in [0.717, 1.165) is 40.2 Å². The summed E-state index contributed by atoms with van der Waals surface area (Å²) in [4.78, 5) is 22.7. The zero-order valence-corrected chi connectivity index (χ0v) is 18.7. The Bertz CT molecular complexity index is 1260. The SMILES string of the molecule is CCOC(=O)c1c(-c2ccc(C)c(C)c2)csc1NS(=O)(=O)c1ccccc1[N+](=O)[O-]. The second-order valence-electron chi connectivity index (χ2n) is 6.70. The number of carbonyl (C=O) groups is 1. The van der Waals surface area contributed by atoms with E-state index in [9.17, 15) is 23.3 Å². The Labute approximate surface area is 183 Å². The van der Waals surface area contributed by atoms with Crippen molar-refractivity contribution in [3.63, 3.8) is 0 Å². The lowest BCUT2D eigenvalue weighted by Crippen LogP contribution is -2.16. The largest absolute Gasteiger partial charge is 0.462 e. The lowest BCUT2D eigenvalue weighted by Gasteiger charge is -2.11. The molecule has 0 amide bonds. The van der Waals surface area contributed by atoms with Crippen LogP contribution in [0.5, 0.6) is 0 Å². The molecular weight excluding hydrogens is 440 g/mol. The Hall–Kier alpha value is -3.24. The van der Waals surface area contributed by atoms with Gasteiger partial charge in [-0.15, -0.1) is 11.3 Å². The van der Waals surface area contributed by atoms with Gasteiger partial charge in [0.1, 0.15) is 10.6 Å². The number of aryl methyl sites for hydroxylation is 2. The molecule has 0 aliphatic heterocycles. The number of para-hydroxylation sites is 1. The van der Waals surface area contributed by atoms with Crippen LogP contribution in [0, 0.1) is 24.0 Å². The van der Waals surface area contributed by atoms with E-state index < -0.39 is 31.5 Å². The Morgan fingerprint density at radius 1 is 1.16 bits per heavy atom. The number of nitro benzene ring substituents is 1. The minimum atomic E-state index is -4.33. The maximum Gasteiger partial charge on any atom is 0.341 e. The van der Waals surface area contributed by atoms with E-state index in [1.165, 1.54) is 12.1 Å². The van der Waals surface area contributed by atoms with Crippen LogP contribution in [0.15, 0.2) is 52.7 Å². The van der Waals surface area contributed by atoms with Crippen LogP contribution in [0.3, 0.4) is 0 Å². The number of anilines is 1. The lowest BCUT2D eigenvalue weighted by atomic mass is 9.99. The molecule has 0 spiro atoms. The monoisotopic (exact) mass is 460 g/mol. The summed E-state index contributed by atoms with van der Waals surface area (Å²) in [6.45, 7) is 5.66. The molecule has 1 aromatic heterocycles. The summed E-state index contributed by atoms with van der Waals surface area (Å²) in [6, 6.07) is 10.7. The van der Waals surface area contributed by atoms with E-state index in [0.29, 0.717) is 5.56 Å². The second kappa shape index (κ2) is 8.86. The van der Waals surface area contributed by atoms with Gasteiger partial charge in [0.25, 0.3) is 15.7 Å². The van der Waals surface area contributed by atoms with E-state index in [1.807, 2.05) is 32.0 Å². The number of esters is 1. The molecule has 0 saturated heterocycles. The molecule has 31 heavy (non-hydrogen) atoms. The Morgan fingerprint density at radius 3 is 2.52 bits per heavy atom. The number of ether oxygens (including phenoxy) is 1. The van der Waals surface area contributed by atoms with Gasteiger partial charge in [0, 0.05) is 17.0 Å². The van der Waals surface area contributed by atoms with Crippen LogP contribution in [0.4, 0.5) is 10.7 Å². The summed E-state index contributed by atoms with van der Waals surface area (Å²) in [5, 5.41) is 13.0. The van der Waals surface area contributed by atoms with Crippen molar-refractivity contribution in [3.05, 3.63) is 74.6 Å². The summed E-state index contributed by atoms with van der Waals surface area (Å²) in [6.07, 6.45) is 0. The van der Waals surface area contributed by atoms with Crippen molar-refractivity contribution in [1.29, 1.82) is 0 Å². The second-order valence-corrected chi connectivity index (χ2v) is 9.23. The highest BCUT2D eigenvalue weighted by Crippen LogP contribution is 2.38. The summed E-state index contributed by atoms with van der Waals surface area (Å²) in [5.74, 6) is -0.683. The van der Waals surface area contributed by atoms with Crippen molar-refractivity contribution in [3.8, 4) is 11.1 Å². The van der Waals surface area contributed by atoms with Gasteiger partial charge in [-0.1, -0.05) is 30.3 Å². The normalized spacial score (nSPS) is 11.2. The third kappa shape index (κ3) is 4.59. The minimum Gasteiger partial charge on any atom is -0.462 e. The smallest absolute Gasteiger partial charge is 0.341 e.